The summed E-state index contributed by atoms with van der Waals surface area (Å²) in [4.78, 5) is 0. The Hall–Kier alpha value is -1.42. The molecule has 0 radical (unpaired) electrons. The molecule has 4 heteroatoms. The van der Waals surface area contributed by atoms with Gasteiger partial charge < -0.3 is 9.84 Å². The summed E-state index contributed by atoms with van der Waals surface area (Å²) in [5, 5.41) is 10.0. The van der Waals surface area contributed by atoms with Crippen molar-refractivity contribution in [3.63, 3.8) is 0 Å². The fraction of sp³-hybridized carbons (Fsp3) is 0.385. The molecule has 1 aliphatic heterocycles. The molecule has 0 amide bonds. The topological polar surface area (TPSA) is 29.5 Å². The van der Waals surface area contributed by atoms with Gasteiger partial charge in [-0.3, -0.25) is 0 Å². The van der Waals surface area contributed by atoms with Crippen molar-refractivity contribution < 1.29 is 18.6 Å². The number of ether oxygens (including phenoxy) is 1. The van der Waals surface area contributed by atoms with E-state index >= 15 is 0 Å². The van der Waals surface area contributed by atoms with Crippen LogP contribution in [0, 0.1) is 18.6 Å². The standard InChI is InChI=1S/C13H14F2O2/c1-8-4-5-10(14)11(12(8)15)13(16)9-3-2-6-17-7-9/h4-5,7,13,16H,2-3,6H2,1H3. The van der Waals surface area contributed by atoms with Crippen LogP contribution in [0.1, 0.15) is 30.1 Å². The molecule has 0 saturated heterocycles. The van der Waals surface area contributed by atoms with Gasteiger partial charge in [-0.05, 0) is 37.0 Å². The smallest absolute Gasteiger partial charge is 0.135 e. The van der Waals surface area contributed by atoms with E-state index in [-0.39, 0.29) is 5.56 Å². The number of aryl methyl sites for hydroxylation is 1. The summed E-state index contributed by atoms with van der Waals surface area (Å²) < 4.78 is 32.4. The van der Waals surface area contributed by atoms with Crippen molar-refractivity contribution in [3.8, 4) is 0 Å². The number of hydrogen-bond acceptors (Lipinski definition) is 2. The Morgan fingerprint density at radius 1 is 1.35 bits per heavy atom. The third kappa shape index (κ3) is 2.31. The highest BCUT2D eigenvalue weighted by molar-refractivity contribution is 5.32. The normalized spacial score (nSPS) is 17.3. The molecule has 1 heterocycles. The molecule has 1 aromatic carbocycles. The van der Waals surface area contributed by atoms with Crippen LogP contribution in [0.2, 0.25) is 0 Å². The van der Waals surface area contributed by atoms with Crippen LogP contribution in [0.3, 0.4) is 0 Å². The van der Waals surface area contributed by atoms with Gasteiger partial charge in [-0.1, -0.05) is 6.07 Å². The molecule has 0 bridgehead atoms. The SMILES string of the molecule is Cc1ccc(F)c(C(O)C2=COCCC2)c1F. The second-order valence-electron chi connectivity index (χ2n) is 4.16. The van der Waals surface area contributed by atoms with Crippen molar-refractivity contribution in [2.45, 2.75) is 25.9 Å². The van der Waals surface area contributed by atoms with Gasteiger partial charge in [0.2, 0.25) is 0 Å². The van der Waals surface area contributed by atoms with Crippen LogP contribution in [-0.2, 0) is 4.74 Å². The van der Waals surface area contributed by atoms with Gasteiger partial charge in [0.1, 0.15) is 17.7 Å². The van der Waals surface area contributed by atoms with Crippen molar-refractivity contribution >= 4 is 0 Å². The van der Waals surface area contributed by atoms with E-state index in [1.54, 1.807) is 0 Å². The van der Waals surface area contributed by atoms with Crippen LogP contribution in [-0.4, -0.2) is 11.7 Å². The second-order valence-corrected chi connectivity index (χ2v) is 4.16. The summed E-state index contributed by atoms with van der Waals surface area (Å²) >= 11 is 0. The van der Waals surface area contributed by atoms with Crippen LogP contribution in [0.5, 0.6) is 0 Å². The minimum Gasteiger partial charge on any atom is -0.501 e. The molecule has 2 nitrogen and oxygen atoms in total. The van der Waals surface area contributed by atoms with E-state index in [2.05, 4.69) is 0 Å². The van der Waals surface area contributed by atoms with Crippen molar-refractivity contribution in [3.05, 3.63) is 46.7 Å². The molecule has 0 fully saturated rings. The average Bonchev–Trinajstić information content (AvgIpc) is 2.35. The summed E-state index contributed by atoms with van der Waals surface area (Å²) in [6, 6.07) is 2.52. The van der Waals surface area contributed by atoms with Gasteiger partial charge in [-0.2, -0.15) is 0 Å². The summed E-state index contributed by atoms with van der Waals surface area (Å²) in [7, 11) is 0. The van der Waals surface area contributed by atoms with Gasteiger partial charge in [0.15, 0.2) is 0 Å². The molecule has 1 aliphatic rings. The first-order valence-electron chi connectivity index (χ1n) is 5.54. The van der Waals surface area contributed by atoms with E-state index in [0.717, 1.165) is 6.42 Å². The zero-order valence-corrected chi connectivity index (χ0v) is 9.54. The minimum atomic E-state index is -1.27. The Labute approximate surface area is 98.5 Å². The van der Waals surface area contributed by atoms with Crippen molar-refractivity contribution in [1.82, 2.24) is 0 Å². The van der Waals surface area contributed by atoms with Crippen LogP contribution in [0.15, 0.2) is 24.0 Å². The van der Waals surface area contributed by atoms with Crippen molar-refractivity contribution in [1.29, 1.82) is 0 Å². The van der Waals surface area contributed by atoms with E-state index < -0.39 is 17.7 Å². The van der Waals surface area contributed by atoms with Gasteiger partial charge in [0.05, 0.1) is 18.4 Å². The first-order chi connectivity index (χ1) is 8.11. The monoisotopic (exact) mass is 240 g/mol. The van der Waals surface area contributed by atoms with Crippen LogP contribution in [0.25, 0.3) is 0 Å². The molecule has 17 heavy (non-hydrogen) atoms. The maximum Gasteiger partial charge on any atom is 0.135 e. The van der Waals surface area contributed by atoms with Gasteiger partial charge in [-0.25, -0.2) is 8.78 Å². The molecular weight excluding hydrogens is 226 g/mol. The predicted octanol–water partition coefficient (Wildman–Crippen LogP) is 3.00. The zero-order valence-electron chi connectivity index (χ0n) is 9.54. The number of benzene rings is 1. The van der Waals surface area contributed by atoms with Crippen molar-refractivity contribution in [2.75, 3.05) is 6.61 Å². The van der Waals surface area contributed by atoms with Crippen LogP contribution < -0.4 is 0 Å². The molecule has 1 atom stereocenters. The molecule has 0 aliphatic carbocycles. The number of aliphatic hydroxyl groups is 1. The van der Waals surface area contributed by atoms with E-state index in [1.807, 2.05) is 0 Å². The molecular formula is C13H14F2O2. The summed E-state index contributed by atoms with van der Waals surface area (Å²) in [6.07, 6.45) is 1.47. The molecule has 0 spiro atoms. The van der Waals surface area contributed by atoms with Gasteiger partial charge in [0.25, 0.3) is 0 Å². The van der Waals surface area contributed by atoms with Gasteiger partial charge >= 0.3 is 0 Å². The Morgan fingerprint density at radius 3 is 2.76 bits per heavy atom. The lowest BCUT2D eigenvalue weighted by Gasteiger charge is -2.20. The highest BCUT2D eigenvalue weighted by Gasteiger charge is 2.24. The van der Waals surface area contributed by atoms with E-state index in [9.17, 15) is 13.9 Å². The number of rotatable bonds is 2. The molecule has 2 rings (SSSR count). The third-order valence-corrected chi connectivity index (χ3v) is 2.91. The third-order valence-electron chi connectivity index (χ3n) is 2.91. The van der Waals surface area contributed by atoms with E-state index in [1.165, 1.54) is 25.3 Å². The average molecular weight is 240 g/mol. The summed E-state index contributed by atoms with van der Waals surface area (Å²) in [5.41, 5.74) is 0.541. The van der Waals surface area contributed by atoms with Crippen LogP contribution in [0.4, 0.5) is 8.78 Å². The number of halogens is 2. The first kappa shape index (κ1) is 12.0. The number of hydrogen-bond donors (Lipinski definition) is 1. The molecule has 1 aromatic rings. The highest BCUT2D eigenvalue weighted by atomic mass is 19.1. The molecule has 92 valence electrons. The summed E-state index contributed by atoms with van der Waals surface area (Å²) in [6.45, 7) is 2.12. The van der Waals surface area contributed by atoms with E-state index in [4.69, 9.17) is 4.74 Å². The summed E-state index contributed by atoms with van der Waals surface area (Å²) in [5.74, 6) is -1.42. The maximum atomic E-state index is 13.8. The first-order valence-corrected chi connectivity index (χ1v) is 5.54. The lowest BCUT2D eigenvalue weighted by molar-refractivity contribution is 0.164. The Balaban J connectivity index is 2.39. The predicted molar refractivity (Wildman–Crippen MR) is 59.3 cm³/mol. The van der Waals surface area contributed by atoms with E-state index in [0.29, 0.717) is 24.2 Å². The number of aliphatic hydroxyl groups excluding tert-OH is 1. The molecule has 1 N–H and O–H groups in total. The Kier molecular flexibility index (Phi) is 3.43. The minimum absolute atomic E-state index is 0.290. The zero-order chi connectivity index (χ0) is 12.4. The Bertz CT molecular complexity index is 455. The second kappa shape index (κ2) is 4.84. The molecule has 1 unspecified atom stereocenters. The van der Waals surface area contributed by atoms with Gasteiger partial charge in [0, 0.05) is 0 Å². The highest BCUT2D eigenvalue weighted by Crippen LogP contribution is 2.31. The molecule has 0 aromatic heterocycles. The maximum absolute atomic E-state index is 13.8. The van der Waals surface area contributed by atoms with Crippen molar-refractivity contribution in [2.24, 2.45) is 0 Å². The van der Waals surface area contributed by atoms with Crippen LogP contribution >= 0.6 is 0 Å². The Morgan fingerprint density at radius 2 is 2.12 bits per heavy atom. The lowest BCUT2D eigenvalue weighted by atomic mass is 9.96. The fourth-order valence-electron chi connectivity index (χ4n) is 1.90. The molecule has 0 saturated carbocycles. The largest absolute Gasteiger partial charge is 0.501 e. The lowest BCUT2D eigenvalue weighted by Crippen LogP contribution is -2.11. The fourth-order valence-corrected chi connectivity index (χ4v) is 1.90. The van der Waals surface area contributed by atoms with Gasteiger partial charge in [-0.15, -0.1) is 0 Å². The quantitative estimate of drug-likeness (QED) is 0.861.